The lowest BCUT2D eigenvalue weighted by Crippen LogP contribution is -2.25. The molecule has 2 heteroatoms. The van der Waals surface area contributed by atoms with Crippen molar-refractivity contribution in [2.45, 2.75) is 38.5 Å². The highest BCUT2D eigenvalue weighted by atomic mass is 32.2. The van der Waals surface area contributed by atoms with Crippen molar-refractivity contribution in [3.05, 3.63) is 34.9 Å². The lowest BCUT2D eigenvalue weighted by Gasteiger charge is -2.10. The van der Waals surface area contributed by atoms with Crippen LogP contribution in [-0.2, 0) is 5.75 Å². The zero-order valence-corrected chi connectivity index (χ0v) is 11.0. The summed E-state index contributed by atoms with van der Waals surface area (Å²) in [5.41, 5.74) is 10.2. The van der Waals surface area contributed by atoms with E-state index in [4.69, 9.17) is 5.73 Å². The Balaban J connectivity index is 1.79. The zero-order chi connectivity index (χ0) is 11.5. The van der Waals surface area contributed by atoms with E-state index in [2.05, 4.69) is 32.0 Å². The number of thioether (sulfide) groups is 1. The number of hydrogen-bond acceptors (Lipinski definition) is 2. The molecule has 1 aromatic carbocycles. The topological polar surface area (TPSA) is 26.0 Å². The van der Waals surface area contributed by atoms with Crippen molar-refractivity contribution in [3.8, 4) is 0 Å². The number of aryl methyl sites for hydroxylation is 2. The largest absolute Gasteiger partial charge is 0.327 e. The van der Waals surface area contributed by atoms with Crippen molar-refractivity contribution in [1.82, 2.24) is 0 Å². The first-order valence-electron chi connectivity index (χ1n) is 6.05. The summed E-state index contributed by atoms with van der Waals surface area (Å²) in [5, 5.41) is 0. The van der Waals surface area contributed by atoms with Crippen LogP contribution in [-0.4, -0.2) is 11.8 Å². The Morgan fingerprint density at radius 1 is 1.25 bits per heavy atom. The highest BCUT2D eigenvalue weighted by molar-refractivity contribution is 7.98. The fourth-order valence-corrected chi connectivity index (χ4v) is 3.19. The summed E-state index contributed by atoms with van der Waals surface area (Å²) < 4.78 is 0. The second kappa shape index (κ2) is 5.24. The summed E-state index contributed by atoms with van der Waals surface area (Å²) in [6, 6.07) is 7.21. The van der Waals surface area contributed by atoms with Gasteiger partial charge in [0.05, 0.1) is 0 Å². The SMILES string of the molecule is Cc1cc(C)cc(CSCC(N)C2CC2)c1. The molecule has 0 amide bonds. The molecule has 0 bridgehead atoms. The quantitative estimate of drug-likeness (QED) is 0.847. The van der Waals surface area contributed by atoms with Gasteiger partial charge in [0, 0.05) is 17.5 Å². The standard InChI is InChI=1S/C14H21NS/c1-10-5-11(2)7-12(6-10)8-16-9-14(15)13-3-4-13/h5-7,13-14H,3-4,8-9,15H2,1-2H3. The molecule has 0 spiro atoms. The fraction of sp³-hybridized carbons (Fsp3) is 0.571. The van der Waals surface area contributed by atoms with E-state index in [1.807, 2.05) is 11.8 Å². The third-order valence-electron chi connectivity index (χ3n) is 3.09. The van der Waals surface area contributed by atoms with E-state index >= 15 is 0 Å². The van der Waals surface area contributed by atoms with Crippen LogP contribution in [0.1, 0.15) is 29.5 Å². The number of rotatable bonds is 5. The second-order valence-corrected chi connectivity index (χ2v) is 6.04. The normalized spacial score (nSPS) is 17.4. The maximum Gasteiger partial charge on any atom is 0.0185 e. The van der Waals surface area contributed by atoms with Crippen LogP contribution in [0.5, 0.6) is 0 Å². The Labute approximate surface area is 103 Å². The van der Waals surface area contributed by atoms with Crippen molar-refractivity contribution in [2.75, 3.05) is 5.75 Å². The lowest BCUT2D eigenvalue weighted by atomic mass is 10.1. The van der Waals surface area contributed by atoms with Gasteiger partial charge in [-0.3, -0.25) is 0 Å². The van der Waals surface area contributed by atoms with Crippen LogP contribution >= 0.6 is 11.8 Å². The van der Waals surface area contributed by atoms with E-state index in [0.717, 1.165) is 17.4 Å². The van der Waals surface area contributed by atoms with Crippen molar-refractivity contribution in [1.29, 1.82) is 0 Å². The van der Waals surface area contributed by atoms with E-state index < -0.39 is 0 Å². The first-order valence-corrected chi connectivity index (χ1v) is 7.21. The van der Waals surface area contributed by atoms with Gasteiger partial charge in [-0.2, -0.15) is 11.8 Å². The molecule has 16 heavy (non-hydrogen) atoms. The van der Waals surface area contributed by atoms with Gasteiger partial charge in [-0.1, -0.05) is 29.3 Å². The average molecular weight is 235 g/mol. The van der Waals surface area contributed by atoms with E-state index in [-0.39, 0.29) is 0 Å². The molecule has 88 valence electrons. The van der Waals surface area contributed by atoms with Crippen LogP contribution in [0.25, 0.3) is 0 Å². The molecule has 0 aromatic heterocycles. The van der Waals surface area contributed by atoms with Gasteiger partial charge in [-0.05, 0) is 38.2 Å². The predicted molar refractivity (Wildman–Crippen MR) is 72.8 cm³/mol. The highest BCUT2D eigenvalue weighted by Crippen LogP contribution is 2.33. The molecule has 1 aliphatic carbocycles. The van der Waals surface area contributed by atoms with Gasteiger partial charge < -0.3 is 5.73 Å². The minimum absolute atomic E-state index is 0.427. The molecule has 1 atom stereocenters. The molecular formula is C14H21NS. The Hall–Kier alpha value is -0.470. The highest BCUT2D eigenvalue weighted by Gasteiger charge is 2.27. The van der Waals surface area contributed by atoms with Crippen molar-refractivity contribution in [2.24, 2.45) is 11.7 Å². The van der Waals surface area contributed by atoms with Crippen molar-refractivity contribution >= 4 is 11.8 Å². The Bertz CT molecular complexity index is 338. The smallest absolute Gasteiger partial charge is 0.0185 e. The van der Waals surface area contributed by atoms with Gasteiger partial charge in [-0.25, -0.2) is 0 Å². The third kappa shape index (κ3) is 3.53. The first-order chi connectivity index (χ1) is 7.65. The van der Waals surface area contributed by atoms with E-state index in [0.29, 0.717) is 6.04 Å². The van der Waals surface area contributed by atoms with Gasteiger partial charge in [0.25, 0.3) is 0 Å². The van der Waals surface area contributed by atoms with Gasteiger partial charge in [0.15, 0.2) is 0 Å². The summed E-state index contributed by atoms with van der Waals surface area (Å²) in [6.45, 7) is 4.33. The number of benzene rings is 1. The Morgan fingerprint density at radius 3 is 2.44 bits per heavy atom. The van der Waals surface area contributed by atoms with Gasteiger partial charge in [0.1, 0.15) is 0 Å². The monoisotopic (exact) mass is 235 g/mol. The molecule has 2 N–H and O–H groups in total. The molecular weight excluding hydrogens is 214 g/mol. The van der Waals surface area contributed by atoms with E-state index in [1.54, 1.807) is 0 Å². The minimum atomic E-state index is 0.427. The summed E-state index contributed by atoms with van der Waals surface area (Å²) in [6.07, 6.45) is 2.70. The molecule has 0 saturated heterocycles. The summed E-state index contributed by atoms with van der Waals surface area (Å²) >= 11 is 1.98. The van der Waals surface area contributed by atoms with E-state index in [1.165, 1.54) is 29.5 Å². The van der Waals surface area contributed by atoms with Crippen LogP contribution in [0, 0.1) is 19.8 Å². The molecule has 1 saturated carbocycles. The zero-order valence-electron chi connectivity index (χ0n) is 10.2. The van der Waals surface area contributed by atoms with Crippen molar-refractivity contribution < 1.29 is 0 Å². The molecule has 1 aromatic rings. The molecule has 1 fully saturated rings. The van der Waals surface area contributed by atoms with Crippen LogP contribution < -0.4 is 5.73 Å². The maximum absolute atomic E-state index is 6.08. The van der Waals surface area contributed by atoms with Crippen LogP contribution in [0.2, 0.25) is 0 Å². The molecule has 1 aliphatic rings. The summed E-state index contributed by atoms with van der Waals surface area (Å²) in [7, 11) is 0. The van der Waals surface area contributed by atoms with Crippen LogP contribution in [0.4, 0.5) is 0 Å². The minimum Gasteiger partial charge on any atom is -0.327 e. The first kappa shape index (κ1) is 12.0. The second-order valence-electron chi connectivity index (χ2n) is 5.01. The van der Waals surface area contributed by atoms with Crippen LogP contribution in [0.3, 0.4) is 0 Å². The molecule has 0 aliphatic heterocycles. The lowest BCUT2D eigenvalue weighted by molar-refractivity contribution is 0.659. The Morgan fingerprint density at radius 2 is 1.88 bits per heavy atom. The third-order valence-corrected chi connectivity index (χ3v) is 4.25. The summed E-state index contributed by atoms with van der Waals surface area (Å²) in [4.78, 5) is 0. The van der Waals surface area contributed by atoms with Gasteiger partial charge in [0.2, 0.25) is 0 Å². The van der Waals surface area contributed by atoms with Gasteiger partial charge in [-0.15, -0.1) is 0 Å². The molecule has 0 radical (unpaired) electrons. The number of nitrogens with two attached hydrogens (primary N) is 1. The van der Waals surface area contributed by atoms with E-state index in [9.17, 15) is 0 Å². The Kier molecular flexibility index (Phi) is 3.93. The molecule has 1 unspecified atom stereocenters. The van der Waals surface area contributed by atoms with Gasteiger partial charge >= 0.3 is 0 Å². The van der Waals surface area contributed by atoms with Crippen molar-refractivity contribution in [3.63, 3.8) is 0 Å². The molecule has 2 rings (SSSR count). The average Bonchev–Trinajstić information content (AvgIpc) is 2.98. The number of hydrogen-bond donors (Lipinski definition) is 1. The molecule has 0 heterocycles. The van der Waals surface area contributed by atoms with Crippen LogP contribution in [0.15, 0.2) is 18.2 Å². The predicted octanol–water partition coefficient (Wildman–Crippen LogP) is 3.27. The molecule has 1 nitrogen and oxygen atoms in total. The summed E-state index contributed by atoms with van der Waals surface area (Å²) in [5.74, 6) is 3.03. The fourth-order valence-electron chi connectivity index (χ4n) is 2.13. The maximum atomic E-state index is 6.08.